The smallest absolute Gasteiger partial charge is 0.287 e. The molecule has 0 radical (unpaired) electrons. The molecule has 2 fully saturated rings. The largest absolute Gasteiger partial charge is 0.371 e. The van der Waals surface area contributed by atoms with Gasteiger partial charge in [-0.2, -0.15) is 0 Å². The average Bonchev–Trinajstić information content (AvgIpc) is 3.39. The fourth-order valence-corrected chi connectivity index (χ4v) is 4.53. The van der Waals surface area contributed by atoms with Gasteiger partial charge in [0.1, 0.15) is 0 Å². The van der Waals surface area contributed by atoms with Crippen LogP contribution in [0.5, 0.6) is 0 Å². The average molecular weight is 456 g/mol. The SMILES string of the molecule is O=C(NCCC(=O)N1CCN(C2CCN(c3ccc([N+](=O)[O-])cc3)CC2)CC1)c1ncc[nH]1. The van der Waals surface area contributed by atoms with E-state index in [1.54, 1.807) is 18.3 Å². The number of carbonyl (C=O) groups excluding carboxylic acids is 2. The maximum absolute atomic E-state index is 12.5. The summed E-state index contributed by atoms with van der Waals surface area (Å²) in [5.41, 5.74) is 1.13. The summed E-state index contributed by atoms with van der Waals surface area (Å²) in [6.07, 6.45) is 5.44. The highest BCUT2D eigenvalue weighted by Gasteiger charge is 2.29. The van der Waals surface area contributed by atoms with Crippen LogP contribution in [0.15, 0.2) is 36.7 Å². The van der Waals surface area contributed by atoms with Crippen LogP contribution in [-0.2, 0) is 4.79 Å². The van der Waals surface area contributed by atoms with E-state index >= 15 is 0 Å². The summed E-state index contributed by atoms with van der Waals surface area (Å²) < 4.78 is 0. The van der Waals surface area contributed by atoms with E-state index in [0.717, 1.165) is 44.7 Å². The topological polar surface area (TPSA) is 128 Å². The number of aromatic nitrogens is 2. The number of nitro benzene ring substituents is 1. The second-order valence-electron chi connectivity index (χ2n) is 8.35. The van der Waals surface area contributed by atoms with E-state index in [-0.39, 0.29) is 34.7 Å². The van der Waals surface area contributed by atoms with Crippen LogP contribution in [0.4, 0.5) is 11.4 Å². The minimum atomic E-state index is -0.378. The van der Waals surface area contributed by atoms with Crippen molar-refractivity contribution < 1.29 is 14.5 Å². The van der Waals surface area contributed by atoms with Crippen LogP contribution in [-0.4, -0.2) is 88.4 Å². The summed E-state index contributed by atoms with van der Waals surface area (Å²) in [4.78, 5) is 48.1. The van der Waals surface area contributed by atoms with Crippen molar-refractivity contribution in [2.75, 3.05) is 50.7 Å². The van der Waals surface area contributed by atoms with Crippen LogP contribution in [0.2, 0.25) is 0 Å². The fourth-order valence-electron chi connectivity index (χ4n) is 4.53. The summed E-state index contributed by atoms with van der Waals surface area (Å²) in [6.45, 7) is 5.23. The number of anilines is 1. The third kappa shape index (κ3) is 5.67. The molecule has 0 atom stereocenters. The molecular weight excluding hydrogens is 426 g/mol. The second kappa shape index (κ2) is 10.4. The van der Waals surface area contributed by atoms with Gasteiger partial charge in [-0.25, -0.2) is 4.98 Å². The van der Waals surface area contributed by atoms with Crippen LogP contribution in [0.1, 0.15) is 29.9 Å². The first-order valence-corrected chi connectivity index (χ1v) is 11.3. The maximum Gasteiger partial charge on any atom is 0.287 e. The predicted octanol–water partition coefficient (Wildman–Crippen LogP) is 1.25. The Bertz CT molecular complexity index is 948. The molecular formula is C22H29N7O4. The Morgan fingerprint density at radius 1 is 1.09 bits per heavy atom. The molecule has 0 aliphatic carbocycles. The highest BCUT2D eigenvalue weighted by Crippen LogP contribution is 2.25. The third-order valence-corrected chi connectivity index (χ3v) is 6.41. The highest BCUT2D eigenvalue weighted by atomic mass is 16.6. The van der Waals surface area contributed by atoms with Gasteiger partial charge in [0.05, 0.1) is 4.92 Å². The number of nitrogens with one attached hydrogen (secondary N) is 2. The lowest BCUT2D eigenvalue weighted by Gasteiger charge is -2.43. The number of rotatable bonds is 7. The highest BCUT2D eigenvalue weighted by molar-refractivity contribution is 5.90. The molecule has 3 heterocycles. The van der Waals surface area contributed by atoms with Gasteiger partial charge in [-0.1, -0.05) is 0 Å². The third-order valence-electron chi connectivity index (χ3n) is 6.41. The first-order chi connectivity index (χ1) is 16.0. The van der Waals surface area contributed by atoms with Gasteiger partial charge in [-0.15, -0.1) is 0 Å². The Balaban J connectivity index is 1.16. The zero-order chi connectivity index (χ0) is 23.2. The Morgan fingerprint density at radius 3 is 2.39 bits per heavy atom. The number of H-pyrrole nitrogens is 1. The Labute approximate surface area is 191 Å². The molecule has 0 saturated carbocycles. The minimum Gasteiger partial charge on any atom is -0.371 e. The molecule has 0 spiro atoms. The van der Waals surface area contributed by atoms with Crippen LogP contribution in [0.3, 0.4) is 0 Å². The summed E-state index contributed by atoms with van der Waals surface area (Å²) in [5.74, 6) is -0.00392. The standard InChI is InChI=1S/C22H29N7O4/c30-20(5-8-25-22(31)21-23-9-10-24-21)28-15-13-27(14-16-28)18-6-11-26(12-7-18)17-1-3-19(4-2-17)29(32)33/h1-4,9-10,18H,5-8,11-16H2,(H,23,24)(H,25,31). The molecule has 1 aromatic heterocycles. The van der Waals surface area contributed by atoms with Crippen molar-refractivity contribution >= 4 is 23.2 Å². The molecule has 11 heteroatoms. The van der Waals surface area contributed by atoms with Crippen LogP contribution < -0.4 is 10.2 Å². The van der Waals surface area contributed by atoms with Gasteiger partial charge >= 0.3 is 0 Å². The summed E-state index contributed by atoms with van der Waals surface area (Å²) in [6, 6.07) is 7.24. The van der Waals surface area contributed by atoms with Crippen LogP contribution in [0, 0.1) is 10.1 Å². The molecule has 2 aliphatic heterocycles. The van der Waals surface area contributed by atoms with Gasteiger partial charge in [0.25, 0.3) is 11.6 Å². The van der Waals surface area contributed by atoms with Crippen molar-refractivity contribution in [1.82, 2.24) is 25.1 Å². The molecule has 4 rings (SSSR count). The number of piperidine rings is 1. The lowest BCUT2D eigenvalue weighted by atomic mass is 10.0. The molecule has 2 saturated heterocycles. The number of piperazine rings is 1. The molecule has 2 N–H and O–H groups in total. The lowest BCUT2D eigenvalue weighted by Crippen LogP contribution is -2.54. The normalized spacial score (nSPS) is 17.7. The van der Waals surface area contributed by atoms with E-state index < -0.39 is 0 Å². The van der Waals surface area contributed by atoms with Gasteiger partial charge < -0.3 is 20.1 Å². The van der Waals surface area contributed by atoms with Gasteiger partial charge in [0, 0.05) is 88.5 Å². The Morgan fingerprint density at radius 2 is 1.79 bits per heavy atom. The molecule has 11 nitrogen and oxygen atoms in total. The monoisotopic (exact) mass is 455 g/mol. The number of carbonyl (C=O) groups is 2. The van der Waals surface area contributed by atoms with Crippen LogP contribution in [0.25, 0.3) is 0 Å². The Kier molecular flexibility index (Phi) is 7.18. The number of hydrogen-bond donors (Lipinski definition) is 2. The fraction of sp³-hybridized carbons (Fsp3) is 0.500. The quantitative estimate of drug-likeness (QED) is 0.475. The summed E-state index contributed by atoms with van der Waals surface area (Å²) in [5, 5.41) is 13.5. The van der Waals surface area contributed by atoms with E-state index in [9.17, 15) is 19.7 Å². The van der Waals surface area contributed by atoms with Gasteiger partial charge in [-0.3, -0.25) is 24.6 Å². The lowest BCUT2D eigenvalue weighted by molar-refractivity contribution is -0.384. The molecule has 33 heavy (non-hydrogen) atoms. The van der Waals surface area contributed by atoms with Gasteiger partial charge in [0.2, 0.25) is 5.91 Å². The van der Waals surface area contributed by atoms with Gasteiger partial charge in [0.15, 0.2) is 5.82 Å². The number of non-ortho nitro benzene ring substituents is 1. The summed E-state index contributed by atoms with van der Waals surface area (Å²) >= 11 is 0. The number of nitrogens with zero attached hydrogens (tertiary/aromatic N) is 5. The number of hydrogen-bond acceptors (Lipinski definition) is 7. The molecule has 2 amide bonds. The second-order valence-corrected chi connectivity index (χ2v) is 8.35. The van der Waals surface area contributed by atoms with E-state index in [2.05, 4.69) is 25.1 Å². The molecule has 0 bridgehead atoms. The number of amides is 2. The van der Waals surface area contributed by atoms with E-state index in [1.807, 2.05) is 17.0 Å². The van der Waals surface area contributed by atoms with Crippen molar-refractivity contribution in [3.8, 4) is 0 Å². The number of nitro groups is 1. The Hall–Kier alpha value is -3.47. The van der Waals surface area contributed by atoms with Crippen molar-refractivity contribution in [1.29, 1.82) is 0 Å². The summed E-state index contributed by atoms with van der Waals surface area (Å²) in [7, 11) is 0. The van der Waals surface area contributed by atoms with Crippen LogP contribution >= 0.6 is 0 Å². The van der Waals surface area contributed by atoms with Crippen molar-refractivity contribution in [2.45, 2.75) is 25.3 Å². The molecule has 176 valence electrons. The zero-order valence-corrected chi connectivity index (χ0v) is 18.5. The molecule has 1 aromatic carbocycles. The first kappa shape index (κ1) is 22.7. The van der Waals surface area contributed by atoms with Crippen molar-refractivity contribution in [3.63, 3.8) is 0 Å². The van der Waals surface area contributed by atoms with Crippen molar-refractivity contribution in [2.24, 2.45) is 0 Å². The first-order valence-electron chi connectivity index (χ1n) is 11.3. The van der Waals surface area contributed by atoms with E-state index in [1.165, 1.54) is 6.20 Å². The van der Waals surface area contributed by atoms with E-state index in [4.69, 9.17) is 0 Å². The zero-order valence-electron chi connectivity index (χ0n) is 18.5. The number of aromatic amines is 1. The van der Waals surface area contributed by atoms with E-state index in [0.29, 0.717) is 25.7 Å². The minimum absolute atomic E-state index is 0.0578. The number of imidazole rings is 1. The molecule has 2 aromatic rings. The maximum atomic E-state index is 12.5. The van der Waals surface area contributed by atoms with Crippen molar-refractivity contribution in [3.05, 3.63) is 52.6 Å². The predicted molar refractivity (Wildman–Crippen MR) is 122 cm³/mol. The molecule has 2 aliphatic rings. The molecule has 0 unspecified atom stereocenters. The number of benzene rings is 1. The van der Waals surface area contributed by atoms with Gasteiger partial charge in [-0.05, 0) is 25.0 Å².